The number of hydrogen-bond donors (Lipinski definition) is 0. The second kappa shape index (κ2) is 6.73. The van der Waals surface area contributed by atoms with Gasteiger partial charge in [0.1, 0.15) is 11.7 Å². The molecule has 2 aliphatic rings. The van der Waals surface area contributed by atoms with Crippen LogP contribution in [-0.2, 0) is 11.3 Å². The third kappa shape index (κ3) is 2.74. The molecule has 2 atom stereocenters. The third-order valence-corrected chi connectivity index (χ3v) is 5.83. The summed E-state index contributed by atoms with van der Waals surface area (Å²) in [5.74, 6) is 0.496. The number of fused-ring (bicyclic) bond motifs is 4. The lowest BCUT2D eigenvalue weighted by Gasteiger charge is -2.45. The first-order chi connectivity index (χ1) is 14.1. The van der Waals surface area contributed by atoms with E-state index in [1.807, 2.05) is 41.5 Å². The summed E-state index contributed by atoms with van der Waals surface area (Å²) in [6, 6.07) is 8.09. The molecule has 1 aromatic carbocycles. The SMILES string of the molecule is Cc1cccc(C(=O)N2[C@H]3COC[C@@H]2c2nnc(-c4ncccc4F)n2C3)c1C. The summed E-state index contributed by atoms with van der Waals surface area (Å²) in [4.78, 5) is 19.5. The Morgan fingerprint density at radius 3 is 2.86 bits per heavy atom. The summed E-state index contributed by atoms with van der Waals surface area (Å²) in [5.41, 5.74) is 2.90. The Morgan fingerprint density at radius 1 is 1.17 bits per heavy atom. The first-order valence-corrected chi connectivity index (χ1v) is 9.57. The summed E-state index contributed by atoms with van der Waals surface area (Å²) in [7, 11) is 0. The van der Waals surface area contributed by atoms with Crippen LogP contribution in [0.25, 0.3) is 11.5 Å². The average Bonchev–Trinajstić information content (AvgIpc) is 3.13. The highest BCUT2D eigenvalue weighted by molar-refractivity contribution is 5.96. The van der Waals surface area contributed by atoms with E-state index < -0.39 is 5.82 Å². The highest BCUT2D eigenvalue weighted by Gasteiger charge is 2.44. The van der Waals surface area contributed by atoms with Crippen molar-refractivity contribution in [2.24, 2.45) is 0 Å². The van der Waals surface area contributed by atoms with Crippen LogP contribution in [0.4, 0.5) is 4.39 Å². The van der Waals surface area contributed by atoms with Gasteiger partial charge in [-0.3, -0.25) is 4.79 Å². The third-order valence-electron chi connectivity index (χ3n) is 5.83. The molecular weight excluding hydrogens is 373 g/mol. The van der Waals surface area contributed by atoms with Gasteiger partial charge in [0.05, 0.1) is 19.3 Å². The van der Waals surface area contributed by atoms with Gasteiger partial charge in [0.15, 0.2) is 17.5 Å². The predicted molar refractivity (Wildman–Crippen MR) is 103 cm³/mol. The number of nitrogens with zero attached hydrogens (tertiary/aromatic N) is 5. The van der Waals surface area contributed by atoms with Crippen LogP contribution in [0.3, 0.4) is 0 Å². The van der Waals surface area contributed by atoms with Gasteiger partial charge in [-0.25, -0.2) is 9.37 Å². The molecule has 0 saturated carbocycles. The summed E-state index contributed by atoms with van der Waals surface area (Å²) < 4.78 is 21.9. The average molecular weight is 393 g/mol. The van der Waals surface area contributed by atoms with E-state index in [-0.39, 0.29) is 23.7 Å². The van der Waals surface area contributed by atoms with E-state index in [0.717, 1.165) is 11.1 Å². The molecule has 2 aromatic heterocycles. The lowest BCUT2D eigenvalue weighted by Crippen LogP contribution is -2.56. The molecule has 148 valence electrons. The highest BCUT2D eigenvalue weighted by Crippen LogP contribution is 2.36. The van der Waals surface area contributed by atoms with Crippen molar-refractivity contribution in [2.45, 2.75) is 32.5 Å². The monoisotopic (exact) mass is 393 g/mol. The fourth-order valence-corrected chi connectivity index (χ4v) is 4.18. The number of pyridine rings is 1. The Bertz CT molecular complexity index is 1110. The molecule has 1 saturated heterocycles. The molecular formula is C21H20FN5O2. The minimum Gasteiger partial charge on any atom is -0.377 e. The van der Waals surface area contributed by atoms with Crippen molar-refractivity contribution in [1.29, 1.82) is 0 Å². The molecule has 2 bridgehead atoms. The quantitative estimate of drug-likeness (QED) is 0.669. The van der Waals surface area contributed by atoms with Crippen molar-refractivity contribution in [3.8, 4) is 11.5 Å². The molecule has 4 heterocycles. The molecule has 7 nitrogen and oxygen atoms in total. The van der Waals surface area contributed by atoms with Crippen LogP contribution in [0.15, 0.2) is 36.5 Å². The maximum atomic E-state index is 14.3. The molecule has 2 aliphatic heterocycles. The number of halogens is 1. The van der Waals surface area contributed by atoms with Gasteiger partial charge in [0.25, 0.3) is 5.91 Å². The number of aryl methyl sites for hydroxylation is 1. The lowest BCUT2D eigenvalue weighted by molar-refractivity contribution is -0.0569. The zero-order chi connectivity index (χ0) is 20.1. The number of morpholine rings is 1. The zero-order valence-electron chi connectivity index (χ0n) is 16.2. The van der Waals surface area contributed by atoms with Gasteiger partial charge in [-0.15, -0.1) is 10.2 Å². The van der Waals surface area contributed by atoms with Crippen molar-refractivity contribution >= 4 is 5.91 Å². The number of rotatable bonds is 2. The van der Waals surface area contributed by atoms with E-state index in [0.29, 0.717) is 37.0 Å². The minimum absolute atomic E-state index is 0.0377. The standard InChI is InChI=1S/C21H20FN5O2/c1-12-5-3-6-15(13(12)2)21(28)27-14-9-26-19(17(27)11-29-10-14)24-25-20(26)18-16(22)7-4-8-23-18/h3-8,14,17H,9-11H2,1-2H3/t14-,17-/m1/s1. The fourth-order valence-electron chi connectivity index (χ4n) is 4.18. The molecule has 0 N–H and O–H groups in total. The van der Waals surface area contributed by atoms with Crippen LogP contribution in [-0.4, -0.2) is 49.8 Å². The molecule has 8 heteroatoms. The van der Waals surface area contributed by atoms with Gasteiger partial charge in [0.2, 0.25) is 0 Å². The van der Waals surface area contributed by atoms with E-state index in [2.05, 4.69) is 15.2 Å². The van der Waals surface area contributed by atoms with Gasteiger partial charge in [0, 0.05) is 18.3 Å². The van der Waals surface area contributed by atoms with Gasteiger partial charge in [-0.05, 0) is 43.2 Å². The molecule has 5 rings (SSSR count). The molecule has 3 aromatic rings. The first-order valence-electron chi connectivity index (χ1n) is 9.57. The van der Waals surface area contributed by atoms with E-state index in [1.165, 1.54) is 12.3 Å². The van der Waals surface area contributed by atoms with Crippen LogP contribution in [0.1, 0.15) is 33.4 Å². The normalized spacial score (nSPS) is 20.4. The molecule has 0 aliphatic carbocycles. The summed E-state index contributed by atoms with van der Waals surface area (Å²) in [5, 5.41) is 8.50. The Labute approximate surface area is 167 Å². The molecule has 0 unspecified atom stereocenters. The number of benzene rings is 1. The minimum atomic E-state index is -0.446. The Morgan fingerprint density at radius 2 is 2.03 bits per heavy atom. The van der Waals surface area contributed by atoms with Crippen LogP contribution in [0.2, 0.25) is 0 Å². The Kier molecular flexibility index (Phi) is 4.16. The smallest absolute Gasteiger partial charge is 0.255 e. The van der Waals surface area contributed by atoms with E-state index in [4.69, 9.17) is 4.74 Å². The fraction of sp³-hybridized carbons (Fsp3) is 0.333. The first kappa shape index (κ1) is 17.9. The number of hydrogen-bond acceptors (Lipinski definition) is 5. The maximum Gasteiger partial charge on any atom is 0.255 e. The topological polar surface area (TPSA) is 73.1 Å². The van der Waals surface area contributed by atoms with Gasteiger partial charge < -0.3 is 14.2 Å². The van der Waals surface area contributed by atoms with Crippen molar-refractivity contribution in [1.82, 2.24) is 24.6 Å². The van der Waals surface area contributed by atoms with Crippen molar-refractivity contribution in [2.75, 3.05) is 13.2 Å². The molecule has 0 radical (unpaired) electrons. The van der Waals surface area contributed by atoms with Crippen molar-refractivity contribution < 1.29 is 13.9 Å². The van der Waals surface area contributed by atoms with E-state index in [1.54, 1.807) is 6.07 Å². The van der Waals surface area contributed by atoms with Gasteiger partial charge in [-0.1, -0.05) is 12.1 Å². The number of carbonyl (C=O) groups is 1. The Hall–Kier alpha value is -3.13. The number of amides is 1. The molecule has 1 fully saturated rings. The van der Waals surface area contributed by atoms with Crippen LogP contribution >= 0.6 is 0 Å². The number of carbonyl (C=O) groups excluding carboxylic acids is 1. The Balaban J connectivity index is 1.57. The number of ether oxygens (including phenoxy) is 1. The molecule has 1 amide bonds. The number of aromatic nitrogens is 4. The van der Waals surface area contributed by atoms with E-state index >= 15 is 0 Å². The van der Waals surface area contributed by atoms with Crippen molar-refractivity contribution in [3.05, 3.63) is 64.9 Å². The highest BCUT2D eigenvalue weighted by atomic mass is 19.1. The molecule has 29 heavy (non-hydrogen) atoms. The summed E-state index contributed by atoms with van der Waals surface area (Å²) in [6.45, 7) is 5.13. The summed E-state index contributed by atoms with van der Waals surface area (Å²) in [6.07, 6.45) is 1.53. The predicted octanol–water partition coefficient (Wildman–Crippen LogP) is 2.69. The van der Waals surface area contributed by atoms with Crippen LogP contribution in [0.5, 0.6) is 0 Å². The van der Waals surface area contributed by atoms with Crippen LogP contribution in [0, 0.1) is 19.7 Å². The van der Waals surface area contributed by atoms with E-state index in [9.17, 15) is 9.18 Å². The second-order valence-electron chi connectivity index (χ2n) is 7.49. The summed E-state index contributed by atoms with van der Waals surface area (Å²) >= 11 is 0. The van der Waals surface area contributed by atoms with Crippen LogP contribution < -0.4 is 0 Å². The lowest BCUT2D eigenvalue weighted by atomic mass is 9.98. The van der Waals surface area contributed by atoms with Gasteiger partial charge >= 0.3 is 0 Å². The van der Waals surface area contributed by atoms with Crippen molar-refractivity contribution in [3.63, 3.8) is 0 Å². The zero-order valence-corrected chi connectivity index (χ0v) is 16.2. The second-order valence-corrected chi connectivity index (χ2v) is 7.49. The maximum absolute atomic E-state index is 14.3. The molecule has 0 spiro atoms. The van der Waals surface area contributed by atoms with Gasteiger partial charge in [-0.2, -0.15) is 0 Å². The largest absolute Gasteiger partial charge is 0.377 e.